The van der Waals surface area contributed by atoms with E-state index in [-0.39, 0.29) is 0 Å². The molecule has 1 aliphatic heterocycles. The molecule has 5 heteroatoms. The van der Waals surface area contributed by atoms with E-state index < -0.39 is 0 Å². The van der Waals surface area contributed by atoms with Crippen molar-refractivity contribution in [2.75, 3.05) is 19.2 Å². The number of methoxy groups -OCH3 is 1. The average molecular weight is 350 g/mol. The average Bonchev–Trinajstić information content (AvgIpc) is 3.24. The number of fused-ring (bicyclic) bond motifs is 4. The lowest BCUT2D eigenvalue weighted by atomic mass is 9.93. The number of hydrogen-bond acceptors (Lipinski definition) is 4. The standard InChI is InChI=1S/C21H22N2O3/c1-23-18-6-3-13(22-14-4-8-20-21(10-14)26-12-25-20)9-16(18)17-11-15(24-2)5-7-19(17)23/h3-4,6,8-10,15,22H,5,7,11-12H2,1-2H3. The molecule has 0 saturated carbocycles. The molecule has 2 heterocycles. The fraction of sp³-hybridized carbons (Fsp3) is 0.333. The van der Waals surface area contributed by atoms with Crippen LogP contribution in [0, 0.1) is 0 Å². The summed E-state index contributed by atoms with van der Waals surface area (Å²) in [6.07, 6.45) is 3.47. The first-order chi connectivity index (χ1) is 12.7. The van der Waals surface area contributed by atoms with Crippen molar-refractivity contribution >= 4 is 22.3 Å². The Balaban J connectivity index is 1.51. The number of aryl methyl sites for hydroxylation is 1. The van der Waals surface area contributed by atoms with Crippen LogP contribution in [0.4, 0.5) is 11.4 Å². The smallest absolute Gasteiger partial charge is 0.231 e. The van der Waals surface area contributed by atoms with E-state index >= 15 is 0 Å². The van der Waals surface area contributed by atoms with Gasteiger partial charge in [0.1, 0.15) is 0 Å². The number of hydrogen-bond donors (Lipinski definition) is 1. The zero-order valence-corrected chi connectivity index (χ0v) is 15.0. The summed E-state index contributed by atoms with van der Waals surface area (Å²) in [7, 11) is 3.98. The molecule has 0 radical (unpaired) electrons. The third kappa shape index (κ3) is 2.42. The van der Waals surface area contributed by atoms with E-state index in [1.807, 2.05) is 25.3 Å². The van der Waals surface area contributed by atoms with Gasteiger partial charge in [0, 0.05) is 54.6 Å². The SMILES string of the molecule is COC1CCc2c(c3cc(Nc4ccc5c(c4)OCO5)ccc3n2C)C1. The topological polar surface area (TPSA) is 44.6 Å². The van der Waals surface area contributed by atoms with E-state index in [4.69, 9.17) is 14.2 Å². The van der Waals surface area contributed by atoms with Crippen molar-refractivity contribution < 1.29 is 14.2 Å². The zero-order valence-electron chi connectivity index (χ0n) is 15.0. The molecule has 0 saturated heterocycles. The van der Waals surface area contributed by atoms with Gasteiger partial charge in [-0.1, -0.05) is 0 Å². The Morgan fingerprint density at radius 3 is 2.77 bits per heavy atom. The summed E-state index contributed by atoms with van der Waals surface area (Å²) in [5.41, 5.74) is 6.21. The molecule has 0 fully saturated rings. The second-order valence-corrected chi connectivity index (χ2v) is 7.01. The van der Waals surface area contributed by atoms with E-state index in [1.54, 1.807) is 0 Å². The predicted molar refractivity (Wildman–Crippen MR) is 102 cm³/mol. The fourth-order valence-electron chi connectivity index (χ4n) is 4.17. The number of benzene rings is 2. The molecule has 0 bridgehead atoms. The molecular formula is C21H22N2O3. The minimum atomic E-state index is 0.293. The lowest BCUT2D eigenvalue weighted by Gasteiger charge is -2.22. The summed E-state index contributed by atoms with van der Waals surface area (Å²) in [5.74, 6) is 1.59. The number of nitrogens with one attached hydrogen (secondary N) is 1. The Morgan fingerprint density at radius 1 is 1.08 bits per heavy atom. The van der Waals surface area contributed by atoms with Crippen LogP contribution in [0.25, 0.3) is 10.9 Å². The third-order valence-electron chi connectivity index (χ3n) is 5.57. The maximum absolute atomic E-state index is 5.62. The number of aromatic nitrogens is 1. The molecule has 2 aliphatic rings. The first-order valence-electron chi connectivity index (χ1n) is 9.02. The quantitative estimate of drug-likeness (QED) is 0.771. The predicted octanol–water partition coefficient (Wildman–Crippen LogP) is 4.15. The molecule has 0 spiro atoms. The molecule has 1 aromatic heterocycles. The molecule has 1 N–H and O–H groups in total. The van der Waals surface area contributed by atoms with Crippen molar-refractivity contribution in [3.63, 3.8) is 0 Å². The Morgan fingerprint density at radius 2 is 1.88 bits per heavy atom. The maximum atomic E-state index is 5.62. The molecular weight excluding hydrogens is 328 g/mol. The van der Waals surface area contributed by atoms with Gasteiger partial charge in [0.15, 0.2) is 11.5 Å². The summed E-state index contributed by atoms with van der Waals surface area (Å²) in [5, 5.41) is 4.81. The summed E-state index contributed by atoms with van der Waals surface area (Å²) in [4.78, 5) is 0. The summed E-state index contributed by atoms with van der Waals surface area (Å²) in [6.45, 7) is 0.293. The highest BCUT2D eigenvalue weighted by molar-refractivity contribution is 5.89. The maximum Gasteiger partial charge on any atom is 0.231 e. The van der Waals surface area contributed by atoms with Gasteiger partial charge in [0.25, 0.3) is 0 Å². The van der Waals surface area contributed by atoms with Crippen LogP contribution < -0.4 is 14.8 Å². The van der Waals surface area contributed by atoms with Gasteiger partial charge in [-0.05, 0) is 48.7 Å². The van der Waals surface area contributed by atoms with E-state index in [0.717, 1.165) is 42.1 Å². The summed E-state index contributed by atoms with van der Waals surface area (Å²) in [6, 6.07) is 12.5. The van der Waals surface area contributed by atoms with Crippen LogP contribution >= 0.6 is 0 Å². The summed E-state index contributed by atoms with van der Waals surface area (Å²) < 4.78 is 18.8. The lowest BCUT2D eigenvalue weighted by Crippen LogP contribution is -2.21. The minimum Gasteiger partial charge on any atom is -0.454 e. The van der Waals surface area contributed by atoms with E-state index in [1.165, 1.54) is 22.2 Å². The van der Waals surface area contributed by atoms with E-state index in [0.29, 0.717) is 12.9 Å². The van der Waals surface area contributed by atoms with Crippen LogP contribution in [0.15, 0.2) is 36.4 Å². The molecule has 3 aromatic rings. The van der Waals surface area contributed by atoms with Crippen molar-refractivity contribution in [3.05, 3.63) is 47.7 Å². The van der Waals surface area contributed by atoms with Crippen molar-refractivity contribution in [3.8, 4) is 11.5 Å². The van der Waals surface area contributed by atoms with Gasteiger partial charge in [-0.15, -0.1) is 0 Å². The van der Waals surface area contributed by atoms with Crippen molar-refractivity contribution in [1.82, 2.24) is 4.57 Å². The van der Waals surface area contributed by atoms with Crippen LogP contribution in [0.2, 0.25) is 0 Å². The zero-order chi connectivity index (χ0) is 17.7. The van der Waals surface area contributed by atoms with Gasteiger partial charge < -0.3 is 24.1 Å². The van der Waals surface area contributed by atoms with E-state index in [9.17, 15) is 0 Å². The van der Waals surface area contributed by atoms with Gasteiger partial charge in [0.05, 0.1) is 6.10 Å². The van der Waals surface area contributed by atoms with Gasteiger partial charge >= 0.3 is 0 Å². The van der Waals surface area contributed by atoms with Crippen molar-refractivity contribution in [1.29, 1.82) is 0 Å². The molecule has 1 unspecified atom stereocenters. The Kier molecular flexibility index (Phi) is 3.57. The van der Waals surface area contributed by atoms with Crippen LogP contribution in [0.1, 0.15) is 17.7 Å². The Hall–Kier alpha value is -2.66. The number of nitrogens with zero attached hydrogens (tertiary/aromatic N) is 1. The highest BCUT2D eigenvalue weighted by Crippen LogP contribution is 2.37. The molecule has 26 heavy (non-hydrogen) atoms. The van der Waals surface area contributed by atoms with Crippen molar-refractivity contribution in [2.24, 2.45) is 7.05 Å². The molecule has 1 atom stereocenters. The normalized spacial score (nSPS) is 18.2. The first kappa shape index (κ1) is 15.6. The second-order valence-electron chi connectivity index (χ2n) is 7.01. The molecule has 0 amide bonds. The Bertz CT molecular complexity index is 993. The monoisotopic (exact) mass is 350 g/mol. The molecule has 5 nitrogen and oxygen atoms in total. The van der Waals surface area contributed by atoms with Gasteiger partial charge in [-0.3, -0.25) is 0 Å². The molecule has 2 aromatic carbocycles. The van der Waals surface area contributed by atoms with Gasteiger partial charge in [0.2, 0.25) is 6.79 Å². The van der Waals surface area contributed by atoms with Crippen molar-refractivity contribution in [2.45, 2.75) is 25.4 Å². The number of anilines is 2. The fourth-order valence-corrected chi connectivity index (χ4v) is 4.17. The second kappa shape index (κ2) is 5.95. The highest BCUT2D eigenvalue weighted by atomic mass is 16.7. The number of rotatable bonds is 3. The molecule has 134 valence electrons. The van der Waals surface area contributed by atoms with Crippen LogP contribution in [0.5, 0.6) is 11.5 Å². The molecule has 1 aliphatic carbocycles. The van der Waals surface area contributed by atoms with Gasteiger partial charge in [-0.2, -0.15) is 0 Å². The van der Waals surface area contributed by atoms with E-state index in [2.05, 4.69) is 35.1 Å². The highest BCUT2D eigenvalue weighted by Gasteiger charge is 2.24. The first-order valence-corrected chi connectivity index (χ1v) is 9.02. The Labute approximate surface area is 152 Å². The van der Waals surface area contributed by atoms with Crippen LogP contribution in [-0.4, -0.2) is 24.6 Å². The lowest BCUT2D eigenvalue weighted by molar-refractivity contribution is 0.0908. The minimum absolute atomic E-state index is 0.293. The third-order valence-corrected chi connectivity index (χ3v) is 5.57. The summed E-state index contributed by atoms with van der Waals surface area (Å²) >= 11 is 0. The van der Waals surface area contributed by atoms with Crippen LogP contribution in [-0.2, 0) is 24.6 Å². The van der Waals surface area contributed by atoms with Gasteiger partial charge in [-0.25, -0.2) is 0 Å². The largest absolute Gasteiger partial charge is 0.454 e. The molecule has 5 rings (SSSR count). The number of ether oxygens (including phenoxy) is 3. The van der Waals surface area contributed by atoms with Crippen LogP contribution in [0.3, 0.4) is 0 Å².